The van der Waals surface area contributed by atoms with Crippen molar-refractivity contribution < 1.29 is 4.74 Å². The van der Waals surface area contributed by atoms with Crippen molar-refractivity contribution in [2.24, 2.45) is 4.99 Å². The lowest BCUT2D eigenvalue weighted by Gasteiger charge is -2.38. The molecule has 0 aliphatic carbocycles. The molecule has 1 aromatic heterocycles. The van der Waals surface area contributed by atoms with Gasteiger partial charge in [-0.1, -0.05) is 17.7 Å². The van der Waals surface area contributed by atoms with Gasteiger partial charge in [-0.15, -0.1) is 0 Å². The Hall–Kier alpha value is -2.25. The summed E-state index contributed by atoms with van der Waals surface area (Å²) in [6.45, 7) is 12.2. The molecule has 1 fully saturated rings. The summed E-state index contributed by atoms with van der Waals surface area (Å²) >= 11 is 6.21. The minimum atomic E-state index is 0.660. The molecule has 1 N–H and O–H groups in total. The lowest BCUT2D eigenvalue weighted by molar-refractivity contribution is 0.182. The van der Waals surface area contributed by atoms with Crippen molar-refractivity contribution in [3.63, 3.8) is 0 Å². The molecule has 0 atom stereocenters. The lowest BCUT2D eigenvalue weighted by atomic mass is 10.1. The Morgan fingerprint density at radius 1 is 1.20 bits per heavy atom. The zero-order valence-corrected chi connectivity index (χ0v) is 19.5. The standard InChI is InChI=1S/C22H33ClN6O/c1-16-6-7-19(23)14-21(16)27-8-10-28(11-9-27)22(24-4)25-15-20-17(2)26-29(18(20)3)12-13-30-5/h6-7,14H,8-13,15H2,1-5H3,(H,24,25). The second kappa shape index (κ2) is 10.2. The normalized spacial score (nSPS) is 15.1. The summed E-state index contributed by atoms with van der Waals surface area (Å²) in [6, 6.07) is 6.10. The molecule has 8 heteroatoms. The SMILES string of the molecule is CN=C(NCc1c(C)nn(CCOC)c1C)N1CCN(c2cc(Cl)ccc2C)CC1. The first-order chi connectivity index (χ1) is 14.4. The van der Waals surface area contributed by atoms with E-state index >= 15 is 0 Å². The molecule has 1 aliphatic rings. The molecule has 1 aliphatic heterocycles. The third-order valence-electron chi connectivity index (χ3n) is 5.76. The quantitative estimate of drug-likeness (QED) is 0.561. The molecule has 0 spiro atoms. The Bertz CT molecular complexity index is 886. The zero-order valence-electron chi connectivity index (χ0n) is 18.7. The average molecular weight is 433 g/mol. The fraction of sp³-hybridized carbons (Fsp3) is 0.545. The van der Waals surface area contributed by atoms with Crippen LogP contribution in [0.25, 0.3) is 0 Å². The van der Waals surface area contributed by atoms with E-state index in [0.717, 1.165) is 49.4 Å². The van der Waals surface area contributed by atoms with Crippen molar-refractivity contribution in [1.29, 1.82) is 0 Å². The molecule has 0 bridgehead atoms. The smallest absolute Gasteiger partial charge is 0.194 e. The number of benzene rings is 1. The van der Waals surface area contributed by atoms with Gasteiger partial charge in [-0.2, -0.15) is 5.10 Å². The number of rotatable bonds is 6. The van der Waals surface area contributed by atoms with Crippen molar-refractivity contribution in [3.05, 3.63) is 45.7 Å². The largest absolute Gasteiger partial charge is 0.383 e. The van der Waals surface area contributed by atoms with Crippen LogP contribution in [0.1, 0.15) is 22.5 Å². The predicted molar refractivity (Wildman–Crippen MR) is 124 cm³/mol. The Morgan fingerprint density at radius 3 is 2.60 bits per heavy atom. The Labute approximate surface area is 184 Å². The van der Waals surface area contributed by atoms with E-state index in [4.69, 9.17) is 16.3 Å². The molecule has 0 radical (unpaired) electrons. The van der Waals surface area contributed by atoms with Gasteiger partial charge in [0, 0.05) is 68.8 Å². The van der Waals surface area contributed by atoms with E-state index in [1.807, 2.05) is 17.8 Å². The molecule has 1 aromatic carbocycles. The van der Waals surface area contributed by atoms with Gasteiger partial charge in [-0.05, 0) is 38.5 Å². The van der Waals surface area contributed by atoms with Gasteiger partial charge >= 0.3 is 0 Å². The zero-order chi connectivity index (χ0) is 21.7. The number of nitrogens with one attached hydrogen (secondary N) is 1. The number of aromatic nitrogens is 2. The molecule has 164 valence electrons. The number of piperazine rings is 1. The third-order valence-corrected chi connectivity index (χ3v) is 6.00. The molecule has 2 heterocycles. The van der Waals surface area contributed by atoms with E-state index in [1.54, 1.807) is 7.11 Å². The van der Waals surface area contributed by atoms with Gasteiger partial charge in [0.25, 0.3) is 0 Å². The van der Waals surface area contributed by atoms with Crippen molar-refractivity contribution in [2.45, 2.75) is 33.9 Å². The first kappa shape index (κ1) is 22.4. The number of hydrogen-bond donors (Lipinski definition) is 1. The van der Waals surface area contributed by atoms with Crippen molar-refractivity contribution in [2.75, 3.05) is 51.8 Å². The van der Waals surface area contributed by atoms with Gasteiger partial charge in [0.2, 0.25) is 0 Å². The van der Waals surface area contributed by atoms with Gasteiger partial charge in [-0.25, -0.2) is 0 Å². The van der Waals surface area contributed by atoms with E-state index in [1.165, 1.54) is 22.5 Å². The van der Waals surface area contributed by atoms with Crippen molar-refractivity contribution >= 4 is 23.2 Å². The molecule has 0 unspecified atom stereocenters. The maximum atomic E-state index is 6.21. The lowest BCUT2D eigenvalue weighted by Crippen LogP contribution is -2.52. The number of methoxy groups -OCH3 is 1. The molecule has 0 saturated carbocycles. The highest BCUT2D eigenvalue weighted by atomic mass is 35.5. The number of aliphatic imine (C=N–C) groups is 1. The maximum absolute atomic E-state index is 6.21. The molecule has 2 aromatic rings. The van der Waals surface area contributed by atoms with Crippen molar-refractivity contribution in [3.8, 4) is 0 Å². The van der Waals surface area contributed by atoms with Crippen LogP contribution in [0.15, 0.2) is 23.2 Å². The summed E-state index contributed by atoms with van der Waals surface area (Å²) in [5.74, 6) is 0.931. The Balaban J connectivity index is 1.59. The fourth-order valence-electron chi connectivity index (χ4n) is 3.97. The van der Waals surface area contributed by atoms with E-state index in [-0.39, 0.29) is 0 Å². The minimum Gasteiger partial charge on any atom is -0.383 e. The summed E-state index contributed by atoms with van der Waals surface area (Å²) in [6.07, 6.45) is 0. The van der Waals surface area contributed by atoms with Gasteiger partial charge < -0.3 is 19.9 Å². The van der Waals surface area contributed by atoms with Crippen molar-refractivity contribution in [1.82, 2.24) is 20.0 Å². The first-order valence-electron chi connectivity index (χ1n) is 10.4. The van der Waals surface area contributed by atoms with E-state index in [9.17, 15) is 0 Å². The molecule has 7 nitrogen and oxygen atoms in total. The van der Waals surface area contributed by atoms with Gasteiger partial charge in [-0.3, -0.25) is 9.67 Å². The van der Waals surface area contributed by atoms with Crippen LogP contribution >= 0.6 is 11.6 Å². The second-order valence-electron chi connectivity index (χ2n) is 7.67. The van der Waals surface area contributed by atoms with Crippen LogP contribution in [-0.4, -0.2) is 67.6 Å². The minimum absolute atomic E-state index is 0.660. The average Bonchev–Trinajstić information content (AvgIpc) is 3.02. The van der Waals surface area contributed by atoms with Gasteiger partial charge in [0.15, 0.2) is 5.96 Å². The van der Waals surface area contributed by atoms with E-state index < -0.39 is 0 Å². The number of anilines is 1. The highest BCUT2D eigenvalue weighted by molar-refractivity contribution is 6.30. The maximum Gasteiger partial charge on any atom is 0.194 e. The summed E-state index contributed by atoms with van der Waals surface area (Å²) < 4.78 is 7.20. The third kappa shape index (κ3) is 5.08. The highest BCUT2D eigenvalue weighted by Crippen LogP contribution is 2.25. The summed E-state index contributed by atoms with van der Waals surface area (Å²) in [7, 11) is 3.56. The van der Waals surface area contributed by atoms with E-state index in [0.29, 0.717) is 13.2 Å². The van der Waals surface area contributed by atoms with Crippen LogP contribution in [-0.2, 0) is 17.8 Å². The Morgan fingerprint density at radius 2 is 1.93 bits per heavy atom. The highest BCUT2D eigenvalue weighted by Gasteiger charge is 2.21. The molecule has 0 amide bonds. The number of hydrogen-bond acceptors (Lipinski definition) is 4. The number of guanidine groups is 1. The number of halogens is 1. The van der Waals surface area contributed by atoms with Gasteiger partial charge in [0.1, 0.15) is 0 Å². The summed E-state index contributed by atoms with van der Waals surface area (Å²) in [5.41, 5.74) is 5.92. The molecule has 3 rings (SSSR count). The number of nitrogens with zero attached hydrogens (tertiary/aromatic N) is 5. The number of aryl methyl sites for hydroxylation is 2. The predicted octanol–water partition coefficient (Wildman–Crippen LogP) is 3.01. The van der Waals surface area contributed by atoms with Crippen LogP contribution in [0.2, 0.25) is 5.02 Å². The summed E-state index contributed by atoms with van der Waals surface area (Å²) in [4.78, 5) is 9.23. The van der Waals surface area contributed by atoms with Crippen LogP contribution < -0.4 is 10.2 Å². The molecular weight excluding hydrogens is 400 g/mol. The molecular formula is C22H33ClN6O. The monoisotopic (exact) mass is 432 g/mol. The van der Waals surface area contributed by atoms with E-state index in [2.05, 4.69) is 58.1 Å². The van der Waals surface area contributed by atoms with Crippen LogP contribution in [0, 0.1) is 20.8 Å². The topological polar surface area (TPSA) is 57.9 Å². The van der Waals surface area contributed by atoms with Crippen LogP contribution in [0.4, 0.5) is 5.69 Å². The van der Waals surface area contributed by atoms with Gasteiger partial charge in [0.05, 0.1) is 18.8 Å². The van der Waals surface area contributed by atoms with Crippen LogP contribution in [0.5, 0.6) is 0 Å². The second-order valence-corrected chi connectivity index (χ2v) is 8.11. The van der Waals surface area contributed by atoms with Crippen LogP contribution in [0.3, 0.4) is 0 Å². The summed E-state index contributed by atoms with van der Waals surface area (Å²) in [5, 5.41) is 8.97. The number of ether oxygens (including phenoxy) is 1. The molecule has 30 heavy (non-hydrogen) atoms. The molecule has 1 saturated heterocycles. The Kier molecular flexibility index (Phi) is 7.61. The fourth-order valence-corrected chi connectivity index (χ4v) is 4.13. The first-order valence-corrected chi connectivity index (χ1v) is 10.8.